The van der Waals surface area contributed by atoms with Gasteiger partial charge in [-0.25, -0.2) is 4.79 Å². The van der Waals surface area contributed by atoms with Gasteiger partial charge in [-0.3, -0.25) is 4.79 Å². The summed E-state index contributed by atoms with van der Waals surface area (Å²) >= 11 is 0. The van der Waals surface area contributed by atoms with Crippen molar-refractivity contribution in [1.29, 1.82) is 0 Å². The molecular formula is C18H27N3O4. The molecule has 0 saturated carbocycles. The third-order valence-corrected chi connectivity index (χ3v) is 4.14. The second kappa shape index (κ2) is 9.27. The van der Waals surface area contributed by atoms with Crippen molar-refractivity contribution in [2.45, 2.75) is 39.3 Å². The molecule has 25 heavy (non-hydrogen) atoms. The van der Waals surface area contributed by atoms with E-state index in [1.165, 1.54) is 6.92 Å². The van der Waals surface area contributed by atoms with E-state index in [1.54, 1.807) is 24.1 Å². The number of anilines is 1. The summed E-state index contributed by atoms with van der Waals surface area (Å²) in [6.07, 6.45) is 2.20. The molecule has 1 fully saturated rings. The molecule has 1 aromatic carbocycles. The standard InChI is InChI=1S/C18H27N3O4/c1-4-21(12-15-6-5-9-25-15)18(23)19-11-14-7-8-17(24-3)16(10-14)20-13(2)22/h7-8,10,15H,4-6,9,11-12H2,1-3H3,(H,19,23)(H,20,22). The fourth-order valence-corrected chi connectivity index (χ4v) is 2.83. The Morgan fingerprint density at radius 3 is 2.80 bits per heavy atom. The van der Waals surface area contributed by atoms with Gasteiger partial charge < -0.3 is 25.0 Å². The molecule has 0 spiro atoms. The van der Waals surface area contributed by atoms with Crippen LogP contribution in [-0.4, -0.2) is 49.7 Å². The van der Waals surface area contributed by atoms with E-state index in [0.717, 1.165) is 25.0 Å². The summed E-state index contributed by atoms with van der Waals surface area (Å²) in [6.45, 7) is 5.79. The highest BCUT2D eigenvalue weighted by molar-refractivity contribution is 5.90. The van der Waals surface area contributed by atoms with Crippen molar-refractivity contribution in [2.24, 2.45) is 0 Å². The summed E-state index contributed by atoms with van der Waals surface area (Å²) in [7, 11) is 1.55. The Kier molecular flexibility index (Phi) is 7.06. The normalized spacial score (nSPS) is 16.4. The molecular weight excluding hydrogens is 322 g/mol. The topological polar surface area (TPSA) is 79.9 Å². The molecule has 7 nitrogen and oxygen atoms in total. The number of likely N-dealkylation sites (N-methyl/N-ethyl adjacent to an activating group) is 1. The first-order chi connectivity index (χ1) is 12.0. The Morgan fingerprint density at radius 1 is 1.40 bits per heavy atom. The predicted octanol–water partition coefficient (Wildman–Crippen LogP) is 2.36. The third kappa shape index (κ3) is 5.63. The predicted molar refractivity (Wildman–Crippen MR) is 95.8 cm³/mol. The number of carbonyl (C=O) groups excluding carboxylic acids is 2. The second-order valence-electron chi connectivity index (χ2n) is 6.05. The highest BCUT2D eigenvalue weighted by atomic mass is 16.5. The number of benzene rings is 1. The second-order valence-corrected chi connectivity index (χ2v) is 6.05. The molecule has 1 aromatic rings. The molecule has 1 aliphatic rings. The summed E-state index contributed by atoms with van der Waals surface area (Å²) < 4.78 is 10.8. The van der Waals surface area contributed by atoms with Gasteiger partial charge in [0.25, 0.3) is 0 Å². The lowest BCUT2D eigenvalue weighted by Crippen LogP contribution is -2.43. The van der Waals surface area contributed by atoms with Crippen LogP contribution in [0, 0.1) is 0 Å². The first-order valence-corrected chi connectivity index (χ1v) is 8.62. The molecule has 2 rings (SSSR count). The number of hydrogen-bond acceptors (Lipinski definition) is 4. The third-order valence-electron chi connectivity index (χ3n) is 4.14. The van der Waals surface area contributed by atoms with Crippen molar-refractivity contribution >= 4 is 17.6 Å². The number of nitrogens with zero attached hydrogens (tertiary/aromatic N) is 1. The zero-order valence-corrected chi connectivity index (χ0v) is 15.1. The monoisotopic (exact) mass is 349 g/mol. The fourth-order valence-electron chi connectivity index (χ4n) is 2.83. The molecule has 7 heteroatoms. The number of urea groups is 1. The van der Waals surface area contributed by atoms with Crippen LogP contribution in [0.2, 0.25) is 0 Å². The number of amides is 3. The smallest absolute Gasteiger partial charge is 0.317 e. The lowest BCUT2D eigenvalue weighted by atomic mass is 10.2. The number of carbonyl (C=O) groups is 2. The number of rotatable bonds is 7. The Hall–Kier alpha value is -2.28. The number of methoxy groups -OCH3 is 1. The van der Waals surface area contributed by atoms with E-state index >= 15 is 0 Å². The molecule has 3 amide bonds. The van der Waals surface area contributed by atoms with Crippen molar-refractivity contribution in [3.8, 4) is 5.75 Å². The van der Waals surface area contributed by atoms with E-state index < -0.39 is 0 Å². The van der Waals surface area contributed by atoms with Crippen LogP contribution in [0.3, 0.4) is 0 Å². The minimum atomic E-state index is -0.173. The van der Waals surface area contributed by atoms with Gasteiger partial charge in [0.05, 0.1) is 18.9 Å². The van der Waals surface area contributed by atoms with Gasteiger partial charge in [0.2, 0.25) is 5.91 Å². The van der Waals surface area contributed by atoms with E-state index in [1.807, 2.05) is 13.0 Å². The summed E-state index contributed by atoms with van der Waals surface area (Å²) in [5, 5.41) is 5.65. The largest absolute Gasteiger partial charge is 0.495 e. The first kappa shape index (κ1) is 19.1. The lowest BCUT2D eigenvalue weighted by molar-refractivity contribution is -0.114. The van der Waals surface area contributed by atoms with Gasteiger partial charge in [-0.05, 0) is 37.5 Å². The van der Waals surface area contributed by atoms with Gasteiger partial charge in [-0.1, -0.05) is 6.07 Å². The minimum absolute atomic E-state index is 0.116. The van der Waals surface area contributed by atoms with Crippen LogP contribution in [-0.2, 0) is 16.1 Å². The lowest BCUT2D eigenvalue weighted by Gasteiger charge is -2.24. The Balaban J connectivity index is 1.94. The van der Waals surface area contributed by atoms with Gasteiger partial charge in [-0.15, -0.1) is 0 Å². The van der Waals surface area contributed by atoms with E-state index in [2.05, 4.69) is 10.6 Å². The van der Waals surface area contributed by atoms with Crippen LogP contribution in [0.1, 0.15) is 32.3 Å². The highest BCUT2D eigenvalue weighted by Gasteiger charge is 2.21. The van der Waals surface area contributed by atoms with E-state index in [9.17, 15) is 9.59 Å². The zero-order valence-electron chi connectivity index (χ0n) is 15.1. The van der Waals surface area contributed by atoms with Gasteiger partial charge in [0.1, 0.15) is 5.75 Å². The molecule has 1 aliphatic heterocycles. The van der Waals surface area contributed by atoms with E-state index in [0.29, 0.717) is 31.1 Å². The van der Waals surface area contributed by atoms with Gasteiger partial charge in [0, 0.05) is 33.2 Å². The molecule has 2 N–H and O–H groups in total. The summed E-state index contributed by atoms with van der Waals surface area (Å²) in [4.78, 5) is 25.4. The van der Waals surface area contributed by atoms with Crippen molar-refractivity contribution in [1.82, 2.24) is 10.2 Å². The number of nitrogens with one attached hydrogen (secondary N) is 2. The van der Waals surface area contributed by atoms with Crippen LogP contribution in [0.15, 0.2) is 18.2 Å². The van der Waals surface area contributed by atoms with Crippen molar-refractivity contribution in [3.05, 3.63) is 23.8 Å². The van der Waals surface area contributed by atoms with Crippen molar-refractivity contribution in [2.75, 3.05) is 32.1 Å². The highest BCUT2D eigenvalue weighted by Crippen LogP contribution is 2.25. The zero-order chi connectivity index (χ0) is 18.2. The van der Waals surface area contributed by atoms with Crippen LogP contribution >= 0.6 is 0 Å². The van der Waals surface area contributed by atoms with E-state index in [-0.39, 0.29) is 18.0 Å². The Labute approximate surface area is 148 Å². The van der Waals surface area contributed by atoms with Gasteiger partial charge >= 0.3 is 6.03 Å². The van der Waals surface area contributed by atoms with Gasteiger partial charge in [-0.2, -0.15) is 0 Å². The van der Waals surface area contributed by atoms with Gasteiger partial charge in [0.15, 0.2) is 0 Å². The Bertz CT molecular complexity index is 600. The molecule has 1 atom stereocenters. The van der Waals surface area contributed by atoms with Crippen LogP contribution in [0.5, 0.6) is 5.75 Å². The quantitative estimate of drug-likeness (QED) is 0.792. The van der Waals surface area contributed by atoms with Crippen molar-refractivity contribution in [3.63, 3.8) is 0 Å². The van der Waals surface area contributed by atoms with Crippen LogP contribution in [0.25, 0.3) is 0 Å². The molecule has 1 saturated heterocycles. The maximum Gasteiger partial charge on any atom is 0.317 e. The SMILES string of the molecule is CCN(CC1CCCO1)C(=O)NCc1ccc(OC)c(NC(C)=O)c1. The average Bonchev–Trinajstić information content (AvgIpc) is 3.10. The average molecular weight is 349 g/mol. The molecule has 0 bridgehead atoms. The minimum Gasteiger partial charge on any atom is -0.495 e. The number of hydrogen-bond donors (Lipinski definition) is 2. The van der Waals surface area contributed by atoms with Crippen LogP contribution in [0.4, 0.5) is 10.5 Å². The summed E-state index contributed by atoms with van der Waals surface area (Å²) in [5.74, 6) is 0.409. The molecule has 1 heterocycles. The molecule has 0 aromatic heterocycles. The molecule has 0 radical (unpaired) electrons. The first-order valence-electron chi connectivity index (χ1n) is 8.62. The molecule has 0 aliphatic carbocycles. The van der Waals surface area contributed by atoms with Crippen LogP contribution < -0.4 is 15.4 Å². The summed E-state index contributed by atoms with van der Waals surface area (Å²) in [5.41, 5.74) is 1.47. The maximum absolute atomic E-state index is 12.4. The number of ether oxygens (including phenoxy) is 2. The van der Waals surface area contributed by atoms with Crippen molar-refractivity contribution < 1.29 is 19.1 Å². The van der Waals surface area contributed by atoms with E-state index in [4.69, 9.17) is 9.47 Å². The molecule has 1 unspecified atom stereocenters. The molecule has 138 valence electrons. The maximum atomic E-state index is 12.4. The Morgan fingerprint density at radius 2 is 2.20 bits per heavy atom. The summed E-state index contributed by atoms with van der Waals surface area (Å²) in [6, 6.07) is 5.32. The fraction of sp³-hybridized carbons (Fsp3) is 0.556.